The van der Waals surface area contributed by atoms with Gasteiger partial charge in [-0.2, -0.15) is 0 Å². The van der Waals surface area contributed by atoms with Gasteiger partial charge >= 0.3 is 0 Å². The zero-order chi connectivity index (χ0) is 13.0. The van der Waals surface area contributed by atoms with Crippen molar-refractivity contribution >= 4 is 5.91 Å². The maximum atomic E-state index is 12.3. The molecule has 3 unspecified atom stereocenters. The monoisotopic (exact) mass is 257 g/mol. The Hall–Kier alpha value is -1.51. The Morgan fingerprint density at radius 3 is 3.11 bits per heavy atom. The minimum atomic E-state index is -0.0951. The van der Waals surface area contributed by atoms with Gasteiger partial charge in [-0.05, 0) is 48.4 Å². The lowest BCUT2D eigenvalue weighted by molar-refractivity contribution is -0.123. The smallest absolute Gasteiger partial charge is 0.224 e. The van der Waals surface area contributed by atoms with Gasteiger partial charge < -0.3 is 10.1 Å². The second kappa shape index (κ2) is 3.75. The highest BCUT2D eigenvalue weighted by Crippen LogP contribution is 2.54. The van der Waals surface area contributed by atoms with Gasteiger partial charge in [0.2, 0.25) is 5.91 Å². The molecule has 1 N–H and O–H groups in total. The molecular formula is C16H19NO2. The van der Waals surface area contributed by atoms with Crippen LogP contribution in [-0.2, 0) is 16.8 Å². The number of benzene rings is 1. The Balaban J connectivity index is 1.91. The second-order valence-electron chi connectivity index (χ2n) is 6.15. The lowest BCUT2D eigenvalue weighted by Crippen LogP contribution is -2.47. The van der Waals surface area contributed by atoms with Crippen LogP contribution in [0.15, 0.2) is 18.2 Å². The Bertz CT molecular complexity index is 554. The standard InChI is InChI=1S/C16H19NO2/c1-19-11-6-5-10-8-12-13-4-2-3-7-16(13,14(10)9-11)17-15(12)18/h5-6,9,12-13H,2-4,7-8H2,1H3,(H,17,18). The molecule has 0 radical (unpaired) electrons. The maximum absolute atomic E-state index is 12.3. The summed E-state index contributed by atoms with van der Waals surface area (Å²) in [5.74, 6) is 1.86. The van der Waals surface area contributed by atoms with Crippen LogP contribution in [0.3, 0.4) is 0 Å². The van der Waals surface area contributed by atoms with Crippen LogP contribution in [0.25, 0.3) is 0 Å². The summed E-state index contributed by atoms with van der Waals surface area (Å²) >= 11 is 0. The average molecular weight is 257 g/mol. The minimum Gasteiger partial charge on any atom is -0.497 e. The number of nitrogens with one attached hydrogen (secondary N) is 1. The molecule has 1 saturated carbocycles. The fourth-order valence-corrected chi connectivity index (χ4v) is 4.54. The summed E-state index contributed by atoms with van der Waals surface area (Å²) in [6.45, 7) is 0. The third-order valence-corrected chi connectivity index (χ3v) is 5.38. The van der Waals surface area contributed by atoms with E-state index in [0.29, 0.717) is 5.92 Å². The van der Waals surface area contributed by atoms with Crippen LogP contribution < -0.4 is 10.1 Å². The first-order valence-electron chi connectivity index (χ1n) is 7.24. The number of carbonyl (C=O) groups is 1. The quantitative estimate of drug-likeness (QED) is 0.839. The van der Waals surface area contributed by atoms with Crippen molar-refractivity contribution in [1.29, 1.82) is 0 Å². The molecule has 3 heteroatoms. The summed E-state index contributed by atoms with van der Waals surface area (Å²) in [5.41, 5.74) is 2.56. The predicted octanol–water partition coefficient (Wildman–Crippen LogP) is 2.38. The molecule has 1 saturated heterocycles. The van der Waals surface area contributed by atoms with Gasteiger partial charge in [-0.3, -0.25) is 4.79 Å². The summed E-state index contributed by atoms with van der Waals surface area (Å²) in [7, 11) is 1.70. The maximum Gasteiger partial charge on any atom is 0.224 e. The molecule has 1 aromatic carbocycles. The Morgan fingerprint density at radius 2 is 2.26 bits per heavy atom. The first kappa shape index (κ1) is 11.3. The first-order valence-corrected chi connectivity index (χ1v) is 7.24. The van der Waals surface area contributed by atoms with Crippen LogP contribution >= 0.6 is 0 Å². The van der Waals surface area contributed by atoms with Gasteiger partial charge in [-0.1, -0.05) is 18.9 Å². The van der Waals surface area contributed by atoms with Crippen LogP contribution in [0, 0.1) is 11.8 Å². The average Bonchev–Trinajstić information content (AvgIpc) is 2.67. The molecule has 1 aliphatic heterocycles. The predicted molar refractivity (Wildman–Crippen MR) is 72.0 cm³/mol. The summed E-state index contributed by atoms with van der Waals surface area (Å²) in [6, 6.07) is 6.31. The lowest BCUT2D eigenvalue weighted by atomic mass is 9.61. The first-order chi connectivity index (χ1) is 9.24. The molecule has 3 atom stereocenters. The summed E-state index contributed by atoms with van der Waals surface area (Å²) in [6.07, 6.45) is 5.63. The zero-order valence-electron chi connectivity index (χ0n) is 11.2. The van der Waals surface area contributed by atoms with Gasteiger partial charge in [-0.15, -0.1) is 0 Å². The lowest BCUT2D eigenvalue weighted by Gasteiger charge is -2.44. The topological polar surface area (TPSA) is 38.3 Å². The molecule has 2 fully saturated rings. The van der Waals surface area contributed by atoms with E-state index in [1.165, 1.54) is 30.4 Å². The molecule has 4 rings (SSSR count). The van der Waals surface area contributed by atoms with Gasteiger partial charge in [0, 0.05) is 5.92 Å². The second-order valence-corrected chi connectivity index (χ2v) is 6.15. The van der Waals surface area contributed by atoms with E-state index >= 15 is 0 Å². The van der Waals surface area contributed by atoms with Crippen molar-refractivity contribution in [3.8, 4) is 5.75 Å². The van der Waals surface area contributed by atoms with Crippen LogP contribution in [0.2, 0.25) is 0 Å². The van der Waals surface area contributed by atoms with Gasteiger partial charge in [0.1, 0.15) is 5.75 Å². The molecule has 1 heterocycles. The number of rotatable bonds is 1. The fourth-order valence-electron chi connectivity index (χ4n) is 4.54. The summed E-state index contributed by atoms with van der Waals surface area (Å²) in [5, 5.41) is 3.34. The Kier molecular flexibility index (Phi) is 2.23. The number of methoxy groups -OCH3 is 1. The summed E-state index contributed by atoms with van der Waals surface area (Å²) < 4.78 is 5.38. The van der Waals surface area contributed by atoms with Crippen molar-refractivity contribution in [2.45, 2.75) is 37.6 Å². The van der Waals surface area contributed by atoms with E-state index in [2.05, 4.69) is 17.4 Å². The number of hydrogen-bond acceptors (Lipinski definition) is 2. The number of amides is 1. The van der Waals surface area contributed by atoms with Crippen LogP contribution in [0.1, 0.15) is 36.8 Å². The molecular weight excluding hydrogens is 238 g/mol. The number of hydrogen-bond donors (Lipinski definition) is 1. The Labute approximate surface area is 113 Å². The number of ether oxygens (including phenoxy) is 1. The highest BCUT2D eigenvalue weighted by Gasteiger charge is 2.57. The fraction of sp³-hybridized carbons (Fsp3) is 0.562. The minimum absolute atomic E-state index is 0.0951. The molecule has 100 valence electrons. The Morgan fingerprint density at radius 1 is 1.37 bits per heavy atom. The molecule has 0 aromatic heterocycles. The van der Waals surface area contributed by atoms with Gasteiger partial charge in [0.05, 0.1) is 12.6 Å². The van der Waals surface area contributed by atoms with E-state index in [9.17, 15) is 4.79 Å². The van der Waals surface area contributed by atoms with Gasteiger partial charge in [0.15, 0.2) is 0 Å². The van der Waals surface area contributed by atoms with Crippen molar-refractivity contribution in [3.63, 3.8) is 0 Å². The highest BCUT2D eigenvalue weighted by molar-refractivity contribution is 5.85. The molecule has 19 heavy (non-hydrogen) atoms. The van der Waals surface area contributed by atoms with E-state index in [-0.39, 0.29) is 17.4 Å². The van der Waals surface area contributed by atoms with Crippen molar-refractivity contribution in [3.05, 3.63) is 29.3 Å². The van der Waals surface area contributed by atoms with Gasteiger partial charge in [0.25, 0.3) is 0 Å². The third kappa shape index (κ3) is 1.36. The molecule has 3 aliphatic rings. The molecule has 1 amide bonds. The molecule has 1 aromatic rings. The van der Waals surface area contributed by atoms with Crippen molar-refractivity contribution < 1.29 is 9.53 Å². The molecule has 2 bridgehead atoms. The zero-order valence-corrected chi connectivity index (χ0v) is 11.2. The van der Waals surface area contributed by atoms with E-state index in [0.717, 1.165) is 18.6 Å². The van der Waals surface area contributed by atoms with Gasteiger partial charge in [-0.25, -0.2) is 0 Å². The van der Waals surface area contributed by atoms with Crippen LogP contribution in [0.4, 0.5) is 0 Å². The molecule has 3 nitrogen and oxygen atoms in total. The van der Waals surface area contributed by atoms with Crippen LogP contribution in [-0.4, -0.2) is 13.0 Å². The van der Waals surface area contributed by atoms with Crippen molar-refractivity contribution in [2.24, 2.45) is 11.8 Å². The highest BCUT2D eigenvalue weighted by atomic mass is 16.5. The molecule has 0 spiro atoms. The van der Waals surface area contributed by atoms with E-state index in [4.69, 9.17) is 4.74 Å². The van der Waals surface area contributed by atoms with Crippen molar-refractivity contribution in [2.75, 3.05) is 7.11 Å². The number of fused-ring (bicyclic) bond motifs is 1. The summed E-state index contributed by atoms with van der Waals surface area (Å²) in [4.78, 5) is 12.3. The third-order valence-electron chi connectivity index (χ3n) is 5.38. The normalized spacial score (nSPS) is 35.3. The van der Waals surface area contributed by atoms with Crippen LogP contribution in [0.5, 0.6) is 5.75 Å². The van der Waals surface area contributed by atoms with E-state index < -0.39 is 0 Å². The largest absolute Gasteiger partial charge is 0.497 e. The SMILES string of the molecule is COc1ccc2c(c1)C13CCCCC1C(C2)C(=O)N3. The van der Waals surface area contributed by atoms with Crippen molar-refractivity contribution in [1.82, 2.24) is 5.32 Å². The molecule has 2 aliphatic carbocycles. The number of carbonyl (C=O) groups excluding carboxylic acids is 1. The van der Waals surface area contributed by atoms with E-state index in [1.807, 2.05) is 6.07 Å². The van der Waals surface area contributed by atoms with E-state index in [1.54, 1.807) is 7.11 Å².